The summed E-state index contributed by atoms with van der Waals surface area (Å²) in [5.74, 6) is -0.744. The SMILES string of the molecule is COC(=O)c1ccc(NC(=O)c2cc(NCC3CCCO3)ccn2)cc1. The summed E-state index contributed by atoms with van der Waals surface area (Å²) in [7, 11) is 1.32. The second-order valence-electron chi connectivity index (χ2n) is 5.97. The Labute approximate surface area is 151 Å². The van der Waals surface area contributed by atoms with Gasteiger partial charge in [-0.2, -0.15) is 0 Å². The maximum absolute atomic E-state index is 12.4. The number of pyridine rings is 1. The predicted molar refractivity (Wildman–Crippen MR) is 97.4 cm³/mol. The van der Waals surface area contributed by atoms with Crippen LogP contribution in [0.4, 0.5) is 11.4 Å². The standard InChI is InChI=1S/C19H21N3O4/c1-25-19(24)13-4-6-14(7-5-13)22-18(23)17-11-15(8-9-20-17)21-12-16-3-2-10-26-16/h4-9,11,16H,2-3,10,12H2,1H3,(H,20,21)(H,22,23). The van der Waals surface area contributed by atoms with Crippen molar-refractivity contribution in [2.45, 2.75) is 18.9 Å². The van der Waals surface area contributed by atoms with Gasteiger partial charge >= 0.3 is 5.97 Å². The maximum atomic E-state index is 12.4. The minimum absolute atomic E-state index is 0.216. The van der Waals surface area contributed by atoms with Crippen LogP contribution < -0.4 is 10.6 Å². The van der Waals surface area contributed by atoms with Crippen LogP contribution in [0.25, 0.3) is 0 Å². The van der Waals surface area contributed by atoms with Crippen molar-refractivity contribution in [2.24, 2.45) is 0 Å². The number of rotatable bonds is 6. The Morgan fingerprint density at radius 2 is 2.04 bits per heavy atom. The third-order valence-corrected chi connectivity index (χ3v) is 4.11. The third-order valence-electron chi connectivity index (χ3n) is 4.11. The van der Waals surface area contributed by atoms with Crippen molar-refractivity contribution >= 4 is 23.3 Å². The lowest BCUT2D eigenvalue weighted by Gasteiger charge is -2.12. The number of anilines is 2. The van der Waals surface area contributed by atoms with Crippen LogP contribution in [0.15, 0.2) is 42.6 Å². The molecule has 0 bridgehead atoms. The van der Waals surface area contributed by atoms with Crippen LogP contribution in [-0.4, -0.2) is 43.2 Å². The first-order valence-electron chi connectivity index (χ1n) is 8.47. The summed E-state index contributed by atoms with van der Waals surface area (Å²) >= 11 is 0. The number of benzene rings is 1. The van der Waals surface area contributed by atoms with Crippen LogP contribution >= 0.6 is 0 Å². The molecule has 1 aromatic heterocycles. The molecule has 1 aliphatic rings. The first-order valence-corrected chi connectivity index (χ1v) is 8.47. The molecule has 0 aliphatic carbocycles. The van der Waals surface area contributed by atoms with E-state index in [0.717, 1.165) is 25.1 Å². The molecule has 2 aromatic rings. The lowest BCUT2D eigenvalue weighted by atomic mass is 10.2. The normalized spacial score (nSPS) is 16.1. The summed E-state index contributed by atoms with van der Waals surface area (Å²) in [6, 6.07) is 9.99. The van der Waals surface area contributed by atoms with E-state index in [1.165, 1.54) is 7.11 Å². The van der Waals surface area contributed by atoms with Crippen LogP contribution in [0.2, 0.25) is 0 Å². The highest BCUT2D eigenvalue weighted by atomic mass is 16.5. The molecule has 1 fully saturated rings. The smallest absolute Gasteiger partial charge is 0.337 e. The molecule has 136 valence electrons. The highest BCUT2D eigenvalue weighted by Gasteiger charge is 2.15. The molecule has 2 N–H and O–H groups in total. The number of hydrogen-bond donors (Lipinski definition) is 2. The number of amides is 1. The van der Waals surface area contributed by atoms with Crippen molar-refractivity contribution in [3.63, 3.8) is 0 Å². The van der Waals surface area contributed by atoms with Gasteiger partial charge < -0.3 is 20.1 Å². The van der Waals surface area contributed by atoms with E-state index < -0.39 is 5.97 Å². The molecular weight excluding hydrogens is 334 g/mol. The third kappa shape index (κ3) is 4.58. The van der Waals surface area contributed by atoms with Crippen LogP contribution in [0.3, 0.4) is 0 Å². The van der Waals surface area contributed by atoms with Crippen LogP contribution in [0.5, 0.6) is 0 Å². The Kier molecular flexibility index (Phi) is 5.80. The summed E-state index contributed by atoms with van der Waals surface area (Å²) in [6.07, 6.45) is 3.94. The lowest BCUT2D eigenvalue weighted by molar-refractivity contribution is 0.0600. The van der Waals surface area contributed by atoms with Gasteiger partial charge in [0, 0.05) is 30.7 Å². The number of aromatic nitrogens is 1. The van der Waals surface area contributed by atoms with Gasteiger partial charge in [-0.05, 0) is 49.2 Å². The van der Waals surface area contributed by atoms with E-state index in [9.17, 15) is 9.59 Å². The molecule has 7 nitrogen and oxygen atoms in total. The number of ether oxygens (including phenoxy) is 2. The molecule has 1 unspecified atom stereocenters. The molecule has 0 saturated carbocycles. The van der Waals surface area contributed by atoms with E-state index in [2.05, 4.69) is 20.4 Å². The average Bonchev–Trinajstić information content (AvgIpc) is 3.20. The molecule has 7 heteroatoms. The lowest BCUT2D eigenvalue weighted by Crippen LogP contribution is -2.19. The fourth-order valence-corrected chi connectivity index (χ4v) is 2.70. The van der Waals surface area contributed by atoms with Gasteiger partial charge in [-0.1, -0.05) is 0 Å². The Bertz CT molecular complexity index is 771. The molecule has 0 spiro atoms. The molecule has 26 heavy (non-hydrogen) atoms. The van der Waals surface area contributed by atoms with Crippen molar-refractivity contribution in [2.75, 3.05) is 30.9 Å². The summed E-state index contributed by atoms with van der Waals surface area (Å²) < 4.78 is 10.2. The van der Waals surface area contributed by atoms with Crippen molar-refractivity contribution < 1.29 is 19.1 Å². The van der Waals surface area contributed by atoms with Gasteiger partial charge in [0.05, 0.1) is 18.8 Å². The average molecular weight is 355 g/mol. The molecule has 1 aliphatic heterocycles. The molecule has 2 heterocycles. The first kappa shape index (κ1) is 17.9. The van der Waals surface area contributed by atoms with Crippen LogP contribution in [0.1, 0.15) is 33.7 Å². The zero-order valence-electron chi connectivity index (χ0n) is 14.5. The van der Waals surface area contributed by atoms with Gasteiger partial charge in [0.25, 0.3) is 5.91 Å². The van der Waals surface area contributed by atoms with Crippen molar-refractivity contribution in [3.05, 3.63) is 53.9 Å². The van der Waals surface area contributed by atoms with Crippen molar-refractivity contribution in [1.29, 1.82) is 0 Å². The molecule has 1 atom stereocenters. The van der Waals surface area contributed by atoms with Gasteiger partial charge in [0.15, 0.2) is 0 Å². The monoisotopic (exact) mass is 355 g/mol. The second-order valence-corrected chi connectivity index (χ2v) is 5.97. The van der Waals surface area contributed by atoms with Crippen LogP contribution in [0, 0.1) is 0 Å². The van der Waals surface area contributed by atoms with Crippen LogP contribution in [-0.2, 0) is 9.47 Å². The Morgan fingerprint density at radius 3 is 2.73 bits per heavy atom. The molecule has 1 saturated heterocycles. The molecule has 1 amide bonds. The van der Waals surface area contributed by atoms with Crippen molar-refractivity contribution in [1.82, 2.24) is 4.98 Å². The topological polar surface area (TPSA) is 89.5 Å². The predicted octanol–water partition coefficient (Wildman–Crippen LogP) is 2.71. The molecule has 3 rings (SSSR count). The highest BCUT2D eigenvalue weighted by Crippen LogP contribution is 2.16. The number of carbonyl (C=O) groups excluding carboxylic acids is 2. The van der Waals surface area contributed by atoms with E-state index in [-0.39, 0.29) is 12.0 Å². The van der Waals surface area contributed by atoms with E-state index in [0.29, 0.717) is 23.5 Å². The van der Waals surface area contributed by atoms with Gasteiger partial charge in [-0.25, -0.2) is 4.79 Å². The number of hydrogen-bond acceptors (Lipinski definition) is 6. The fraction of sp³-hybridized carbons (Fsp3) is 0.316. The van der Waals surface area contributed by atoms with Gasteiger partial charge in [0.2, 0.25) is 0 Å². The highest BCUT2D eigenvalue weighted by molar-refractivity contribution is 6.03. The van der Waals surface area contributed by atoms with E-state index in [4.69, 9.17) is 4.74 Å². The zero-order valence-corrected chi connectivity index (χ0v) is 14.5. The Balaban J connectivity index is 1.60. The van der Waals surface area contributed by atoms with Gasteiger partial charge in [0.1, 0.15) is 5.69 Å². The van der Waals surface area contributed by atoms with Crippen molar-refractivity contribution in [3.8, 4) is 0 Å². The zero-order chi connectivity index (χ0) is 18.4. The molecule has 1 aromatic carbocycles. The summed E-state index contributed by atoms with van der Waals surface area (Å²) in [5, 5.41) is 6.04. The summed E-state index contributed by atoms with van der Waals surface area (Å²) in [6.45, 7) is 1.52. The van der Waals surface area contributed by atoms with Gasteiger partial charge in [-0.15, -0.1) is 0 Å². The van der Waals surface area contributed by atoms with E-state index in [1.54, 1.807) is 36.5 Å². The number of nitrogens with one attached hydrogen (secondary N) is 2. The molecule has 0 radical (unpaired) electrons. The Morgan fingerprint density at radius 1 is 1.23 bits per heavy atom. The first-order chi connectivity index (χ1) is 12.7. The second kappa shape index (κ2) is 8.44. The van der Waals surface area contributed by atoms with E-state index >= 15 is 0 Å². The fourth-order valence-electron chi connectivity index (χ4n) is 2.70. The minimum atomic E-state index is -0.422. The largest absolute Gasteiger partial charge is 0.465 e. The van der Waals surface area contributed by atoms with E-state index in [1.807, 2.05) is 6.07 Å². The Hall–Kier alpha value is -2.93. The quantitative estimate of drug-likeness (QED) is 0.775. The number of nitrogens with zero attached hydrogens (tertiary/aromatic N) is 1. The number of methoxy groups -OCH3 is 1. The molecular formula is C19H21N3O4. The number of esters is 1. The van der Waals surface area contributed by atoms with Gasteiger partial charge in [-0.3, -0.25) is 9.78 Å². The summed E-state index contributed by atoms with van der Waals surface area (Å²) in [4.78, 5) is 27.9. The maximum Gasteiger partial charge on any atom is 0.337 e. The number of carbonyl (C=O) groups is 2. The summed E-state index contributed by atoms with van der Waals surface area (Å²) in [5.41, 5.74) is 2.12. The minimum Gasteiger partial charge on any atom is -0.465 e.